The molecule has 2 heteroatoms. The Balaban J connectivity index is 1.65. The summed E-state index contributed by atoms with van der Waals surface area (Å²) in [6.45, 7) is 3.65. The summed E-state index contributed by atoms with van der Waals surface area (Å²) in [5.74, 6) is 2.52. The lowest BCUT2D eigenvalue weighted by Crippen LogP contribution is -2.52. The van der Waals surface area contributed by atoms with E-state index in [9.17, 15) is 4.79 Å². The van der Waals surface area contributed by atoms with Crippen molar-refractivity contribution in [3.8, 4) is 0 Å². The molecule has 4 saturated carbocycles. The fourth-order valence-corrected chi connectivity index (χ4v) is 4.67. The lowest BCUT2D eigenvalue weighted by Gasteiger charge is -2.55. The molecule has 0 aliphatic heterocycles. The molecule has 0 heterocycles. The molecule has 4 aliphatic rings. The minimum atomic E-state index is -0.0625. The molecule has 0 N–H and O–H groups in total. The van der Waals surface area contributed by atoms with Gasteiger partial charge in [0.2, 0.25) is 0 Å². The molecule has 94 valence electrons. The minimum Gasteiger partial charge on any atom is -0.459 e. The van der Waals surface area contributed by atoms with Crippen molar-refractivity contribution in [2.75, 3.05) is 0 Å². The van der Waals surface area contributed by atoms with Gasteiger partial charge in [0.05, 0.1) is 0 Å². The van der Waals surface area contributed by atoms with E-state index in [1.165, 1.54) is 19.3 Å². The third-order valence-corrected chi connectivity index (χ3v) is 4.86. The second kappa shape index (κ2) is 4.15. The van der Waals surface area contributed by atoms with E-state index in [1.54, 1.807) is 6.08 Å². The highest BCUT2D eigenvalue weighted by Crippen LogP contribution is 2.57. The number of carbonyl (C=O) groups excluding carboxylic acids is 1. The number of esters is 1. The van der Waals surface area contributed by atoms with Crippen LogP contribution in [0.4, 0.5) is 0 Å². The van der Waals surface area contributed by atoms with Gasteiger partial charge in [-0.3, -0.25) is 4.79 Å². The lowest BCUT2D eigenvalue weighted by molar-refractivity contribution is -0.186. The predicted molar refractivity (Wildman–Crippen MR) is 66.4 cm³/mol. The van der Waals surface area contributed by atoms with Gasteiger partial charge in [-0.2, -0.15) is 0 Å². The first-order valence-electron chi connectivity index (χ1n) is 7.02. The largest absolute Gasteiger partial charge is 0.459 e. The zero-order valence-corrected chi connectivity index (χ0v) is 10.5. The molecular formula is C15H22O2. The smallest absolute Gasteiger partial charge is 0.306 e. The second-order valence-electron chi connectivity index (χ2n) is 6.40. The van der Waals surface area contributed by atoms with Gasteiger partial charge in [0.15, 0.2) is 0 Å². The summed E-state index contributed by atoms with van der Waals surface area (Å²) >= 11 is 0. The lowest BCUT2D eigenvalue weighted by atomic mass is 9.54. The third kappa shape index (κ3) is 2.14. The molecular weight excluding hydrogens is 212 g/mol. The number of allylic oxidation sites excluding steroid dienone is 1. The van der Waals surface area contributed by atoms with Gasteiger partial charge in [-0.05, 0) is 62.7 Å². The highest BCUT2D eigenvalue weighted by Gasteiger charge is 2.53. The van der Waals surface area contributed by atoms with Crippen molar-refractivity contribution in [2.24, 2.45) is 17.8 Å². The molecule has 0 unspecified atom stereocenters. The zero-order valence-electron chi connectivity index (χ0n) is 10.5. The maximum atomic E-state index is 11.8. The molecule has 2 nitrogen and oxygen atoms in total. The monoisotopic (exact) mass is 234 g/mol. The Kier molecular flexibility index (Phi) is 2.76. The van der Waals surface area contributed by atoms with Crippen LogP contribution >= 0.6 is 0 Å². The highest BCUT2D eigenvalue weighted by molar-refractivity contribution is 5.70. The molecule has 4 aliphatic carbocycles. The van der Waals surface area contributed by atoms with E-state index in [2.05, 4.69) is 6.58 Å². The van der Waals surface area contributed by atoms with Crippen LogP contribution in [0.5, 0.6) is 0 Å². The van der Waals surface area contributed by atoms with Gasteiger partial charge >= 0.3 is 5.97 Å². The van der Waals surface area contributed by atoms with Crippen molar-refractivity contribution in [3.05, 3.63) is 12.7 Å². The number of hydrogen-bond donors (Lipinski definition) is 0. The van der Waals surface area contributed by atoms with Gasteiger partial charge in [-0.15, -0.1) is 6.58 Å². The Morgan fingerprint density at radius 1 is 1.18 bits per heavy atom. The van der Waals surface area contributed by atoms with E-state index in [0.717, 1.165) is 43.4 Å². The molecule has 0 aromatic rings. The van der Waals surface area contributed by atoms with Crippen LogP contribution in [0.3, 0.4) is 0 Å². The van der Waals surface area contributed by atoms with Crippen molar-refractivity contribution in [1.82, 2.24) is 0 Å². The Morgan fingerprint density at radius 2 is 1.71 bits per heavy atom. The van der Waals surface area contributed by atoms with Gasteiger partial charge in [0, 0.05) is 6.42 Å². The van der Waals surface area contributed by atoms with E-state index in [-0.39, 0.29) is 11.6 Å². The van der Waals surface area contributed by atoms with Gasteiger partial charge in [-0.25, -0.2) is 0 Å². The average molecular weight is 234 g/mol. The van der Waals surface area contributed by atoms with Crippen LogP contribution in [0.15, 0.2) is 12.7 Å². The molecule has 0 amide bonds. The van der Waals surface area contributed by atoms with Crippen molar-refractivity contribution >= 4 is 5.97 Å². The summed E-state index contributed by atoms with van der Waals surface area (Å²) in [7, 11) is 0. The molecule has 0 atom stereocenters. The van der Waals surface area contributed by atoms with Crippen molar-refractivity contribution < 1.29 is 9.53 Å². The molecule has 4 fully saturated rings. The number of carbonyl (C=O) groups is 1. The quantitative estimate of drug-likeness (QED) is 0.550. The van der Waals surface area contributed by atoms with E-state index in [0.29, 0.717) is 6.42 Å². The van der Waals surface area contributed by atoms with Crippen LogP contribution in [0, 0.1) is 17.8 Å². The van der Waals surface area contributed by atoms with Crippen LogP contribution in [-0.4, -0.2) is 11.6 Å². The summed E-state index contributed by atoms with van der Waals surface area (Å²) in [4.78, 5) is 11.8. The third-order valence-electron chi connectivity index (χ3n) is 4.86. The first kappa shape index (κ1) is 11.3. The molecule has 4 bridgehead atoms. The Morgan fingerprint density at radius 3 is 2.18 bits per heavy atom. The van der Waals surface area contributed by atoms with Gasteiger partial charge in [0.25, 0.3) is 0 Å². The number of rotatable bonds is 4. The van der Waals surface area contributed by atoms with Crippen LogP contribution in [0.2, 0.25) is 0 Å². The molecule has 0 aromatic heterocycles. The Labute approximate surface area is 103 Å². The first-order valence-corrected chi connectivity index (χ1v) is 7.02. The standard InChI is InChI=1S/C15H22O2/c1-2-3-4-14(16)17-15-8-11-5-12(9-15)7-13(6-11)10-15/h2,11-13H,1,3-10H2. The summed E-state index contributed by atoms with van der Waals surface area (Å²) in [6, 6.07) is 0. The SMILES string of the molecule is C=CCCC(=O)OC12CC3CC(CC(C3)C1)C2. The highest BCUT2D eigenvalue weighted by atomic mass is 16.6. The first-order chi connectivity index (χ1) is 8.19. The second-order valence-corrected chi connectivity index (χ2v) is 6.40. The Bertz CT molecular complexity index is 297. The summed E-state index contributed by atoms with van der Waals surface area (Å²) in [5, 5.41) is 0. The topological polar surface area (TPSA) is 26.3 Å². The van der Waals surface area contributed by atoms with Crippen molar-refractivity contribution in [1.29, 1.82) is 0 Å². The molecule has 0 aromatic carbocycles. The van der Waals surface area contributed by atoms with E-state index in [4.69, 9.17) is 4.74 Å². The summed E-state index contributed by atoms with van der Waals surface area (Å²) < 4.78 is 5.87. The van der Waals surface area contributed by atoms with Crippen LogP contribution in [0.25, 0.3) is 0 Å². The number of ether oxygens (including phenoxy) is 1. The zero-order chi connectivity index (χ0) is 11.9. The van der Waals surface area contributed by atoms with Gasteiger partial charge in [-0.1, -0.05) is 6.08 Å². The molecule has 0 spiro atoms. The molecule has 0 radical (unpaired) electrons. The van der Waals surface area contributed by atoms with E-state index >= 15 is 0 Å². The van der Waals surface area contributed by atoms with Crippen molar-refractivity contribution in [3.63, 3.8) is 0 Å². The van der Waals surface area contributed by atoms with E-state index < -0.39 is 0 Å². The normalized spacial score (nSPS) is 42.5. The summed E-state index contributed by atoms with van der Waals surface area (Å²) in [5.41, 5.74) is -0.0625. The Hall–Kier alpha value is -0.790. The fraction of sp³-hybridized carbons (Fsp3) is 0.800. The van der Waals surface area contributed by atoms with Gasteiger partial charge in [0.1, 0.15) is 5.60 Å². The molecule has 0 saturated heterocycles. The average Bonchev–Trinajstić information content (AvgIpc) is 2.23. The summed E-state index contributed by atoms with van der Waals surface area (Å²) in [6.07, 6.45) is 10.6. The fourth-order valence-electron chi connectivity index (χ4n) is 4.67. The molecule has 17 heavy (non-hydrogen) atoms. The molecule has 4 rings (SSSR count). The van der Waals surface area contributed by atoms with Gasteiger partial charge < -0.3 is 4.74 Å². The maximum Gasteiger partial charge on any atom is 0.306 e. The maximum absolute atomic E-state index is 11.8. The number of hydrogen-bond acceptors (Lipinski definition) is 2. The van der Waals surface area contributed by atoms with Crippen LogP contribution < -0.4 is 0 Å². The van der Waals surface area contributed by atoms with Crippen molar-refractivity contribution in [2.45, 2.75) is 57.0 Å². The minimum absolute atomic E-state index is 0.00755. The van der Waals surface area contributed by atoms with E-state index in [1.807, 2.05) is 0 Å². The van der Waals surface area contributed by atoms with Crippen LogP contribution in [-0.2, 0) is 9.53 Å². The van der Waals surface area contributed by atoms with Crippen LogP contribution in [0.1, 0.15) is 51.4 Å². The predicted octanol–water partition coefficient (Wildman–Crippen LogP) is 3.46.